The molecule has 0 aliphatic heterocycles. The molecule has 21 heavy (non-hydrogen) atoms. The van der Waals surface area contributed by atoms with E-state index in [1.54, 1.807) is 0 Å². The quantitative estimate of drug-likeness (QED) is 0.894. The molecule has 2 fully saturated rings. The van der Waals surface area contributed by atoms with Crippen LogP contribution in [0.5, 0.6) is 0 Å². The summed E-state index contributed by atoms with van der Waals surface area (Å²) in [4.78, 5) is 11.8. The van der Waals surface area contributed by atoms with E-state index in [1.807, 2.05) is 7.05 Å². The van der Waals surface area contributed by atoms with Crippen molar-refractivity contribution in [3.05, 3.63) is 11.9 Å². The van der Waals surface area contributed by atoms with Crippen molar-refractivity contribution in [1.29, 1.82) is 0 Å². The Bertz CT molecular complexity index is 476. The third kappa shape index (κ3) is 3.30. The van der Waals surface area contributed by atoms with Gasteiger partial charge in [0, 0.05) is 32.1 Å². The van der Waals surface area contributed by atoms with Crippen LogP contribution in [0.4, 0.5) is 11.6 Å². The van der Waals surface area contributed by atoms with Crippen molar-refractivity contribution in [2.75, 3.05) is 24.3 Å². The monoisotopic (exact) mass is 288 g/mol. The van der Waals surface area contributed by atoms with Gasteiger partial charge < -0.3 is 10.2 Å². The first-order chi connectivity index (χ1) is 10.2. The van der Waals surface area contributed by atoms with E-state index >= 15 is 0 Å². The molecule has 0 atom stereocenters. The van der Waals surface area contributed by atoms with Gasteiger partial charge in [0.15, 0.2) is 0 Å². The first-order valence-electron chi connectivity index (χ1n) is 8.50. The van der Waals surface area contributed by atoms with E-state index in [-0.39, 0.29) is 0 Å². The number of nitrogens with one attached hydrogen (secondary N) is 1. The number of hydrogen-bond donors (Lipinski definition) is 1. The summed E-state index contributed by atoms with van der Waals surface area (Å²) in [7, 11) is 4.14. The highest BCUT2D eigenvalue weighted by Gasteiger charge is 2.29. The molecule has 4 heteroatoms. The van der Waals surface area contributed by atoms with Crippen molar-refractivity contribution in [2.24, 2.45) is 5.92 Å². The molecule has 1 aromatic rings. The Hall–Kier alpha value is -1.32. The van der Waals surface area contributed by atoms with Gasteiger partial charge in [-0.1, -0.05) is 13.3 Å². The summed E-state index contributed by atoms with van der Waals surface area (Å²) in [6.07, 6.45) is 9.16. The molecule has 1 N–H and O–H groups in total. The van der Waals surface area contributed by atoms with Gasteiger partial charge in [-0.15, -0.1) is 0 Å². The molecular formula is C17H28N4. The highest BCUT2D eigenvalue weighted by Crippen LogP contribution is 2.39. The summed E-state index contributed by atoms with van der Waals surface area (Å²) in [6, 6.07) is 2.73. The second kappa shape index (κ2) is 6.20. The van der Waals surface area contributed by atoms with Crippen LogP contribution in [0.1, 0.15) is 63.6 Å². The molecule has 2 aliphatic rings. The zero-order chi connectivity index (χ0) is 14.8. The van der Waals surface area contributed by atoms with Gasteiger partial charge in [0.1, 0.15) is 17.5 Å². The molecule has 1 heterocycles. The van der Waals surface area contributed by atoms with E-state index in [0.717, 1.165) is 23.4 Å². The lowest BCUT2D eigenvalue weighted by molar-refractivity contribution is 0.313. The third-order valence-corrected chi connectivity index (χ3v) is 5.23. The molecule has 0 bridgehead atoms. The Morgan fingerprint density at radius 3 is 2.43 bits per heavy atom. The van der Waals surface area contributed by atoms with Crippen LogP contribution >= 0.6 is 0 Å². The van der Waals surface area contributed by atoms with Crippen LogP contribution in [0.3, 0.4) is 0 Å². The Balaban J connectivity index is 1.74. The Kier molecular flexibility index (Phi) is 4.32. The molecule has 0 amide bonds. The highest BCUT2D eigenvalue weighted by atomic mass is 15.2. The van der Waals surface area contributed by atoms with Gasteiger partial charge >= 0.3 is 0 Å². The van der Waals surface area contributed by atoms with E-state index in [9.17, 15) is 0 Å². The number of aromatic nitrogens is 2. The first-order valence-corrected chi connectivity index (χ1v) is 8.50. The summed E-state index contributed by atoms with van der Waals surface area (Å²) in [5.41, 5.74) is 0. The Morgan fingerprint density at radius 2 is 1.86 bits per heavy atom. The minimum atomic E-state index is 0.598. The van der Waals surface area contributed by atoms with Crippen LogP contribution in [-0.4, -0.2) is 30.1 Å². The second-order valence-corrected chi connectivity index (χ2v) is 6.69. The minimum Gasteiger partial charge on any atom is -0.373 e. The van der Waals surface area contributed by atoms with E-state index in [2.05, 4.69) is 35.2 Å². The number of nitrogens with zero attached hydrogens (tertiary/aromatic N) is 3. The maximum atomic E-state index is 4.83. The largest absolute Gasteiger partial charge is 0.373 e. The normalized spacial score (nSPS) is 25.7. The molecule has 4 nitrogen and oxygen atoms in total. The molecule has 2 aliphatic carbocycles. The second-order valence-electron chi connectivity index (χ2n) is 6.69. The van der Waals surface area contributed by atoms with Crippen LogP contribution in [0, 0.1) is 5.92 Å². The van der Waals surface area contributed by atoms with Crippen molar-refractivity contribution < 1.29 is 0 Å². The fraction of sp³-hybridized carbons (Fsp3) is 0.765. The van der Waals surface area contributed by atoms with Crippen molar-refractivity contribution in [3.8, 4) is 0 Å². The van der Waals surface area contributed by atoms with Gasteiger partial charge in [0.2, 0.25) is 0 Å². The predicted octanol–water partition coefficient (Wildman–Crippen LogP) is 3.80. The molecule has 1 aromatic heterocycles. The van der Waals surface area contributed by atoms with Crippen molar-refractivity contribution in [2.45, 2.75) is 63.8 Å². The summed E-state index contributed by atoms with van der Waals surface area (Å²) in [5.74, 6) is 4.62. The summed E-state index contributed by atoms with van der Waals surface area (Å²) in [5, 5.41) is 3.19. The molecule has 3 rings (SSSR count). The zero-order valence-corrected chi connectivity index (χ0v) is 13.6. The topological polar surface area (TPSA) is 41.0 Å². The first kappa shape index (κ1) is 14.6. The zero-order valence-electron chi connectivity index (χ0n) is 13.6. The van der Waals surface area contributed by atoms with Gasteiger partial charge in [-0.25, -0.2) is 9.97 Å². The molecular weight excluding hydrogens is 260 g/mol. The third-order valence-electron chi connectivity index (χ3n) is 5.23. The van der Waals surface area contributed by atoms with Gasteiger partial charge in [-0.05, 0) is 44.4 Å². The lowest BCUT2D eigenvalue weighted by Gasteiger charge is -2.35. The minimum absolute atomic E-state index is 0.598. The Labute approximate surface area is 128 Å². The standard InChI is InChI=1S/C17H28N4/c1-4-12-5-9-14(10-6-12)21(3)16-11-15(18-2)19-17(20-16)13-7-8-13/h11-14H,4-10H2,1-3H3,(H,18,19,20). The fourth-order valence-corrected chi connectivity index (χ4v) is 3.41. The average molecular weight is 288 g/mol. The maximum absolute atomic E-state index is 4.83. The van der Waals surface area contributed by atoms with Crippen LogP contribution in [0.15, 0.2) is 6.07 Å². The molecule has 0 aromatic carbocycles. The number of hydrogen-bond acceptors (Lipinski definition) is 4. The van der Waals surface area contributed by atoms with Crippen LogP contribution in [0.2, 0.25) is 0 Å². The summed E-state index contributed by atoms with van der Waals surface area (Å²) < 4.78 is 0. The molecule has 0 saturated heterocycles. The van der Waals surface area contributed by atoms with Gasteiger partial charge in [-0.2, -0.15) is 0 Å². The van der Waals surface area contributed by atoms with Crippen LogP contribution in [-0.2, 0) is 0 Å². The van der Waals surface area contributed by atoms with Crippen molar-refractivity contribution >= 4 is 11.6 Å². The van der Waals surface area contributed by atoms with E-state index in [1.165, 1.54) is 44.9 Å². The van der Waals surface area contributed by atoms with E-state index in [4.69, 9.17) is 4.98 Å². The SMILES string of the molecule is CCC1CCC(N(C)c2cc(NC)nc(C3CC3)n2)CC1. The van der Waals surface area contributed by atoms with Gasteiger partial charge in [-0.3, -0.25) is 0 Å². The highest BCUT2D eigenvalue weighted by molar-refractivity contribution is 5.50. The average Bonchev–Trinajstić information content (AvgIpc) is 3.38. The van der Waals surface area contributed by atoms with E-state index in [0.29, 0.717) is 12.0 Å². The maximum Gasteiger partial charge on any atom is 0.136 e. The summed E-state index contributed by atoms with van der Waals surface area (Å²) >= 11 is 0. The molecule has 0 spiro atoms. The molecule has 0 unspecified atom stereocenters. The van der Waals surface area contributed by atoms with Crippen molar-refractivity contribution in [3.63, 3.8) is 0 Å². The number of rotatable bonds is 5. The lowest BCUT2D eigenvalue weighted by Crippen LogP contribution is -2.35. The van der Waals surface area contributed by atoms with E-state index < -0.39 is 0 Å². The number of anilines is 2. The lowest BCUT2D eigenvalue weighted by atomic mass is 9.84. The van der Waals surface area contributed by atoms with Crippen LogP contribution < -0.4 is 10.2 Å². The Morgan fingerprint density at radius 1 is 1.14 bits per heavy atom. The molecule has 116 valence electrons. The van der Waals surface area contributed by atoms with Crippen LogP contribution in [0.25, 0.3) is 0 Å². The van der Waals surface area contributed by atoms with Gasteiger partial charge in [0.25, 0.3) is 0 Å². The molecule has 2 saturated carbocycles. The fourth-order valence-electron chi connectivity index (χ4n) is 3.41. The smallest absolute Gasteiger partial charge is 0.136 e. The molecule has 0 radical (unpaired) electrons. The van der Waals surface area contributed by atoms with Crippen molar-refractivity contribution in [1.82, 2.24) is 9.97 Å². The summed E-state index contributed by atoms with van der Waals surface area (Å²) in [6.45, 7) is 2.32. The van der Waals surface area contributed by atoms with Gasteiger partial charge in [0.05, 0.1) is 0 Å². The predicted molar refractivity (Wildman–Crippen MR) is 88.0 cm³/mol.